The molecule has 1 heterocycles. The summed E-state index contributed by atoms with van der Waals surface area (Å²) in [5.41, 5.74) is 0. The maximum Gasteiger partial charge on any atom is 0.222 e. The van der Waals surface area contributed by atoms with E-state index < -0.39 is 10.1 Å². The molecule has 1 fully saturated rings. The molecule has 1 rings (SSSR count). The van der Waals surface area contributed by atoms with Crippen LogP contribution in [0.25, 0.3) is 0 Å². The van der Waals surface area contributed by atoms with Crippen LogP contribution >= 0.6 is 0 Å². The van der Waals surface area contributed by atoms with Crippen molar-refractivity contribution < 1.29 is 27.0 Å². The number of carbonyl (C=O) groups is 1. The Balaban J connectivity index is 2.53. The quantitative estimate of drug-likeness (QED) is 0.488. The summed E-state index contributed by atoms with van der Waals surface area (Å²) in [6.07, 6.45) is 0. The van der Waals surface area contributed by atoms with Gasteiger partial charge in [-0.25, -0.2) is 8.42 Å². The molecule has 0 aromatic carbocycles. The SMILES string of the molecule is CC(C)C(=O)NCC[N+]1(CCS(=O)(=O)[O-])CCOCC1. The minimum absolute atomic E-state index is 0.0205. The van der Waals surface area contributed by atoms with Gasteiger partial charge in [0, 0.05) is 5.92 Å². The first-order valence-electron chi connectivity index (χ1n) is 6.88. The van der Waals surface area contributed by atoms with Crippen LogP contribution in [-0.4, -0.2) is 75.1 Å². The third-order valence-corrected chi connectivity index (χ3v) is 4.33. The summed E-state index contributed by atoms with van der Waals surface area (Å²) in [5, 5.41) is 2.83. The van der Waals surface area contributed by atoms with Crippen LogP contribution in [0, 0.1) is 5.92 Å². The second-order valence-electron chi connectivity index (χ2n) is 5.56. The van der Waals surface area contributed by atoms with Crippen molar-refractivity contribution in [1.29, 1.82) is 0 Å². The fourth-order valence-electron chi connectivity index (χ4n) is 2.22. The van der Waals surface area contributed by atoms with Gasteiger partial charge < -0.3 is 19.1 Å². The minimum Gasteiger partial charge on any atom is -0.748 e. The predicted octanol–water partition coefficient (Wildman–Crippen LogP) is -0.849. The molecule has 8 heteroatoms. The summed E-state index contributed by atoms with van der Waals surface area (Å²) >= 11 is 0. The van der Waals surface area contributed by atoms with E-state index in [1.165, 1.54) is 0 Å². The Morgan fingerprint density at radius 2 is 1.90 bits per heavy atom. The summed E-state index contributed by atoms with van der Waals surface area (Å²) in [7, 11) is -4.21. The van der Waals surface area contributed by atoms with Gasteiger partial charge in [-0.2, -0.15) is 0 Å². The van der Waals surface area contributed by atoms with Crippen molar-refractivity contribution in [1.82, 2.24) is 5.32 Å². The Morgan fingerprint density at radius 3 is 2.40 bits per heavy atom. The van der Waals surface area contributed by atoms with Gasteiger partial charge in [0.15, 0.2) is 0 Å². The van der Waals surface area contributed by atoms with Crippen molar-refractivity contribution in [2.45, 2.75) is 13.8 Å². The van der Waals surface area contributed by atoms with E-state index in [0.29, 0.717) is 43.9 Å². The topological polar surface area (TPSA) is 95.5 Å². The highest BCUT2D eigenvalue weighted by Crippen LogP contribution is 2.11. The van der Waals surface area contributed by atoms with Gasteiger partial charge in [0.25, 0.3) is 0 Å². The number of ether oxygens (including phenoxy) is 1. The lowest BCUT2D eigenvalue weighted by Crippen LogP contribution is -2.59. The van der Waals surface area contributed by atoms with Crippen LogP contribution in [0.5, 0.6) is 0 Å². The molecule has 1 saturated heterocycles. The van der Waals surface area contributed by atoms with E-state index in [9.17, 15) is 17.8 Å². The molecule has 0 radical (unpaired) electrons. The zero-order valence-electron chi connectivity index (χ0n) is 12.1. The highest BCUT2D eigenvalue weighted by Gasteiger charge is 2.30. The maximum atomic E-state index is 11.5. The van der Waals surface area contributed by atoms with Gasteiger partial charge in [0.1, 0.15) is 23.2 Å². The van der Waals surface area contributed by atoms with Crippen molar-refractivity contribution in [3.8, 4) is 0 Å². The molecule has 0 atom stereocenters. The Bertz CT molecular complexity index is 416. The number of hydrogen-bond donors (Lipinski definition) is 1. The van der Waals surface area contributed by atoms with Gasteiger partial charge in [-0.15, -0.1) is 0 Å². The number of morpholine rings is 1. The summed E-state index contributed by atoms with van der Waals surface area (Å²) in [4.78, 5) is 11.5. The van der Waals surface area contributed by atoms with Crippen molar-refractivity contribution in [3.05, 3.63) is 0 Å². The maximum absolute atomic E-state index is 11.5. The number of carbonyl (C=O) groups excluding carboxylic acids is 1. The van der Waals surface area contributed by atoms with Crippen molar-refractivity contribution >= 4 is 16.0 Å². The summed E-state index contributed by atoms with van der Waals surface area (Å²) in [5.74, 6) is -0.464. The molecular weight excluding hydrogens is 284 g/mol. The van der Waals surface area contributed by atoms with E-state index in [4.69, 9.17) is 4.74 Å². The van der Waals surface area contributed by atoms with Crippen molar-refractivity contribution in [3.63, 3.8) is 0 Å². The largest absolute Gasteiger partial charge is 0.748 e. The highest BCUT2D eigenvalue weighted by atomic mass is 32.2. The first kappa shape index (κ1) is 17.4. The van der Waals surface area contributed by atoms with Crippen LogP contribution in [0.1, 0.15) is 13.8 Å². The van der Waals surface area contributed by atoms with E-state index in [2.05, 4.69) is 5.32 Å². The molecule has 1 aliphatic heterocycles. The standard InChI is InChI=1S/C12H24N2O5S/c1-11(2)12(15)13-3-4-14(5-8-19-9-6-14)7-10-20(16,17)18/h11H,3-10H2,1-2H3,(H-,13,15,16,17,18). The molecule has 0 aromatic rings. The van der Waals surface area contributed by atoms with E-state index in [1.54, 1.807) is 0 Å². The number of amides is 1. The molecule has 20 heavy (non-hydrogen) atoms. The average molecular weight is 308 g/mol. The molecule has 7 nitrogen and oxygen atoms in total. The number of quaternary nitrogens is 1. The van der Waals surface area contributed by atoms with Gasteiger partial charge in [0.05, 0.1) is 38.6 Å². The van der Waals surface area contributed by atoms with Gasteiger partial charge >= 0.3 is 0 Å². The Morgan fingerprint density at radius 1 is 1.30 bits per heavy atom. The Hall–Kier alpha value is -0.700. The van der Waals surface area contributed by atoms with Gasteiger partial charge in [0.2, 0.25) is 5.91 Å². The average Bonchev–Trinajstić information content (AvgIpc) is 2.37. The molecule has 0 aliphatic carbocycles. The lowest BCUT2D eigenvalue weighted by atomic mass is 10.2. The summed E-state index contributed by atoms with van der Waals surface area (Å²) in [6, 6.07) is 0. The lowest BCUT2D eigenvalue weighted by molar-refractivity contribution is -0.931. The predicted molar refractivity (Wildman–Crippen MR) is 73.0 cm³/mol. The van der Waals surface area contributed by atoms with Crippen molar-refractivity contribution in [2.75, 3.05) is 51.7 Å². The van der Waals surface area contributed by atoms with Gasteiger partial charge in [-0.1, -0.05) is 13.8 Å². The smallest absolute Gasteiger partial charge is 0.222 e. The molecule has 118 valence electrons. The Labute approximate surface area is 120 Å². The molecule has 0 aromatic heterocycles. The molecule has 0 unspecified atom stereocenters. The normalized spacial score (nSPS) is 19.0. The van der Waals surface area contributed by atoms with Crippen LogP contribution in [0.4, 0.5) is 0 Å². The fraction of sp³-hybridized carbons (Fsp3) is 0.917. The molecule has 1 aliphatic rings. The second kappa shape index (κ2) is 7.35. The fourth-order valence-corrected chi connectivity index (χ4v) is 2.83. The molecule has 0 spiro atoms. The number of rotatable bonds is 7. The first-order valence-corrected chi connectivity index (χ1v) is 8.46. The lowest BCUT2D eigenvalue weighted by Gasteiger charge is -2.41. The number of hydrogen-bond acceptors (Lipinski definition) is 5. The first-order chi connectivity index (χ1) is 9.24. The third kappa shape index (κ3) is 6.17. The molecule has 0 bridgehead atoms. The number of nitrogens with one attached hydrogen (secondary N) is 1. The third-order valence-electron chi connectivity index (χ3n) is 3.65. The monoisotopic (exact) mass is 308 g/mol. The van der Waals surface area contributed by atoms with Crippen molar-refractivity contribution in [2.24, 2.45) is 5.92 Å². The molecular formula is C12H24N2O5S. The van der Waals surface area contributed by atoms with Gasteiger partial charge in [-0.3, -0.25) is 4.79 Å². The van der Waals surface area contributed by atoms with E-state index in [1.807, 2.05) is 13.8 Å². The van der Waals surface area contributed by atoms with Gasteiger partial charge in [-0.05, 0) is 0 Å². The second-order valence-corrected chi connectivity index (χ2v) is 7.08. The molecule has 1 amide bonds. The Kier molecular flexibility index (Phi) is 6.38. The van der Waals surface area contributed by atoms with Crippen LogP contribution in [0.2, 0.25) is 0 Å². The minimum atomic E-state index is -4.21. The molecule has 0 saturated carbocycles. The zero-order valence-corrected chi connectivity index (χ0v) is 12.9. The molecule has 1 N–H and O–H groups in total. The highest BCUT2D eigenvalue weighted by molar-refractivity contribution is 7.85. The van der Waals surface area contributed by atoms with E-state index in [-0.39, 0.29) is 24.1 Å². The summed E-state index contributed by atoms with van der Waals surface area (Å²) in [6.45, 7) is 7.48. The van der Waals surface area contributed by atoms with Crippen LogP contribution < -0.4 is 5.32 Å². The van der Waals surface area contributed by atoms with Crippen LogP contribution in [0.15, 0.2) is 0 Å². The zero-order chi connectivity index (χ0) is 15.2. The van der Waals surface area contributed by atoms with Crippen LogP contribution in [0.3, 0.4) is 0 Å². The van der Waals surface area contributed by atoms with Crippen LogP contribution in [-0.2, 0) is 19.6 Å². The van der Waals surface area contributed by atoms with E-state index >= 15 is 0 Å². The van der Waals surface area contributed by atoms with E-state index in [0.717, 1.165) is 0 Å². The number of nitrogens with zero attached hydrogens (tertiary/aromatic N) is 1. The summed E-state index contributed by atoms with van der Waals surface area (Å²) < 4.78 is 38.3.